The third-order valence-electron chi connectivity index (χ3n) is 2.69. The van der Waals surface area contributed by atoms with Crippen LogP contribution in [-0.2, 0) is 19.3 Å². The molecule has 0 bridgehead atoms. The van der Waals surface area contributed by atoms with Crippen molar-refractivity contribution >= 4 is 15.9 Å². The molecule has 0 N–H and O–H groups in total. The highest BCUT2D eigenvalue weighted by atomic mass is 79.9. The molecule has 0 nitrogen and oxygen atoms in total. The van der Waals surface area contributed by atoms with Gasteiger partial charge in [0.15, 0.2) is 0 Å². The van der Waals surface area contributed by atoms with Crippen molar-refractivity contribution in [2.75, 3.05) is 5.33 Å². The van der Waals surface area contributed by atoms with E-state index in [2.05, 4.69) is 48.0 Å². The Labute approximate surface area is 102 Å². The maximum Gasteiger partial charge on any atom is 0.00718 e. The molecule has 0 radical (unpaired) electrons. The zero-order chi connectivity index (χ0) is 11.1. The van der Waals surface area contributed by atoms with E-state index < -0.39 is 0 Å². The summed E-state index contributed by atoms with van der Waals surface area (Å²) < 4.78 is 0. The van der Waals surface area contributed by atoms with Crippen LogP contribution in [0.3, 0.4) is 0 Å². The summed E-state index contributed by atoms with van der Waals surface area (Å²) in [6.45, 7) is 4.51. The van der Waals surface area contributed by atoms with Crippen molar-refractivity contribution in [1.82, 2.24) is 0 Å². The van der Waals surface area contributed by atoms with Crippen LogP contribution in [0.15, 0.2) is 18.2 Å². The molecule has 1 aromatic rings. The van der Waals surface area contributed by atoms with Gasteiger partial charge in [0.05, 0.1) is 0 Å². The van der Waals surface area contributed by atoms with Crippen molar-refractivity contribution in [3.8, 4) is 0 Å². The first-order valence-corrected chi connectivity index (χ1v) is 7.10. The zero-order valence-corrected chi connectivity index (χ0v) is 11.4. The fourth-order valence-electron chi connectivity index (χ4n) is 1.96. The maximum absolute atomic E-state index is 3.50. The van der Waals surface area contributed by atoms with Crippen molar-refractivity contribution in [1.29, 1.82) is 0 Å². The summed E-state index contributed by atoms with van der Waals surface area (Å²) in [4.78, 5) is 0. The van der Waals surface area contributed by atoms with E-state index in [1.807, 2.05) is 0 Å². The Morgan fingerprint density at radius 1 is 0.933 bits per heavy atom. The van der Waals surface area contributed by atoms with Gasteiger partial charge in [-0.2, -0.15) is 0 Å². The second-order valence-corrected chi connectivity index (χ2v) is 4.84. The number of hydrogen-bond acceptors (Lipinski definition) is 0. The highest BCUT2D eigenvalue weighted by Gasteiger charge is 2.02. The van der Waals surface area contributed by atoms with Gasteiger partial charge in [-0.15, -0.1) is 0 Å². The molecule has 15 heavy (non-hydrogen) atoms. The van der Waals surface area contributed by atoms with E-state index in [-0.39, 0.29) is 0 Å². The molecule has 0 saturated carbocycles. The van der Waals surface area contributed by atoms with E-state index >= 15 is 0 Å². The molecule has 0 fully saturated rings. The maximum atomic E-state index is 3.50. The average Bonchev–Trinajstić information content (AvgIpc) is 2.23. The van der Waals surface area contributed by atoms with E-state index in [1.54, 1.807) is 11.1 Å². The Hall–Kier alpha value is -0.300. The Morgan fingerprint density at radius 3 is 2.20 bits per heavy atom. The van der Waals surface area contributed by atoms with Crippen molar-refractivity contribution in [2.45, 2.75) is 46.0 Å². The molecular formula is C14H21Br. The normalized spacial score (nSPS) is 10.6. The number of aryl methyl sites for hydroxylation is 3. The third kappa shape index (κ3) is 3.98. The number of rotatable bonds is 6. The first-order valence-electron chi connectivity index (χ1n) is 5.98. The van der Waals surface area contributed by atoms with Crippen LogP contribution in [-0.4, -0.2) is 5.33 Å². The lowest BCUT2D eigenvalue weighted by molar-refractivity contribution is 0.857. The van der Waals surface area contributed by atoms with Crippen molar-refractivity contribution < 1.29 is 0 Å². The number of hydrogen-bond donors (Lipinski definition) is 0. The Balaban J connectivity index is 2.87. The largest absolute Gasteiger partial charge is 0.0924 e. The molecule has 0 amide bonds. The number of benzene rings is 1. The van der Waals surface area contributed by atoms with Crippen LogP contribution in [0.4, 0.5) is 0 Å². The average molecular weight is 269 g/mol. The van der Waals surface area contributed by atoms with Gasteiger partial charge in [0, 0.05) is 5.33 Å². The van der Waals surface area contributed by atoms with Gasteiger partial charge in [-0.3, -0.25) is 0 Å². The molecule has 0 aromatic heterocycles. The summed E-state index contributed by atoms with van der Waals surface area (Å²) in [6.07, 6.45) is 6.08. The molecule has 0 aliphatic heterocycles. The van der Waals surface area contributed by atoms with Crippen LogP contribution >= 0.6 is 15.9 Å². The molecule has 0 heterocycles. The van der Waals surface area contributed by atoms with Crippen molar-refractivity contribution in [2.24, 2.45) is 0 Å². The van der Waals surface area contributed by atoms with E-state index in [9.17, 15) is 0 Å². The highest BCUT2D eigenvalue weighted by Crippen LogP contribution is 2.17. The van der Waals surface area contributed by atoms with E-state index in [4.69, 9.17) is 0 Å². The van der Waals surface area contributed by atoms with E-state index in [1.165, 1.54) is 31.2 Å². The summed E-state index contributed by atoms with van der Waals surface area (Å²) in [5.74, 6) is 0. The molecule has 1 aromatic carbocycles. The Bertz CT molecular complexity index is 291. The molecule has 1 heteroatoms. The van der Waals surface area contributed by atoms with Gasteiger partial charge in [0.25, 0.3) is 0 Å². The lowest BCUT2D eigenvalue weighted by Gasteiger charge is -2.10. The first-order chi connectivity index (χ1) is 7.31. The second kappa shape index (κ2) is 7.05. The minimum Gasteiger partial charge on any atom is -0.0924 e. The van der Waals surface area contributed by atoms with Gasteiger partial charge >= 0.3 is 0 Å². The minimum atomic E-state index is 1.06. The van der Waals surface area contributed by atoms with Gasteiger partial charge in [-0.25, -0.2) is 0 Å². The molecule has 1 rings (SSSR count). The number of alkyl halides is 1. The Morgan fingerprint density at radius 2 is 1.60 bits per heavy atom. The molecule has 0 aliphatic rings. The number of halogens is 1. The topological polar surface area (TPSA) is 0 Å². The molecule has 0 unspecified atom stereocenters. The molecule has 0 atom stereocenters. The smallest absolute Gasteiger partial charge is 0.00718 e. The molecule has 0 aliphatic carbocycles. The van der Waals surface area contributed by atoms with Crippen LogP contribution in [0.5, 0.6) is 0 Å². The van der Waals surface area contributed by atoms with Crippen LogP contribution in [0.2, 0.25) is 0 Å². The first kappa shape index (κ1) is 12.8. The fraction of sp³-hybridized carbons (Fsp3) is 0.571. The molecular weight excluding hydrogens is 248 g/mol. The molecule has 0 spiro atoms. The van der Waals surface area contributed by atoms with E-state index in [0.29, 0.717) is 0 Å². The quantitative estimate of drug-likeness (QED) is 0.666. The van der Waals surface area contributed by atoms with Crippen LogP contribution < -0.4 is 0 Å². The summed E-state index contributed by atoms with van der Waals surface area (Å²) >= 11 is 3.50. The van der Waals surface area contributed by atoms with Crippen LogP contribution in [0, 0.1) is 0 Å². The van der Waals surface area contributed by atoms with Gasteiger partial charge in [0.1, 0.15) is 0 Å². The minimum absolute atomic E-state index is 1.06. The van der Waals surface area contributed by atoms with Crippen LogP contribution in [0.1, 0.15) is 43.4 Å². The standard InChI is InChI=1S/C14H21Br/c1-3-5-13-8-7-12(9-10-15)11-14(13)6-4-2/h7-8,11H,3-6,9-10H2,1-2H3. The SMILES string of the molecule is CCCc1ccc(CCBr)cc1CCC. The van der Waals surface area contributed by atoms with E-state index in [0.717, 1.165) is 11.8 Å². The summed E-state index contributed by atoms with van der Waals surface area (Å²) in [7, 11) is 0. The second-order valence-electron chi connectivity index (χ2n) is 4.04. The lowest BCUT2D eigenvalue weighted by Crippen LogP contribution is -1.96. The predicted molar refractivity (Wildman–Crippen MR) is 71.9 cm³/mol. The monoisotopic (exact) mass is 268 g/mol. The van der Waals surface area contributed by atoms with Crippen LogP contribution in [0.25, 0.3) is 0 Å². The third-order valence-corrected chi connectivity index (χ3v) is 3.09. The lowest BCUT2D eigenvalue weighted by atomic mass is 9.96. The Kier molecular flexibility index (Phi) is 6.00. The summed E-state index contributed by atoms with van der Waals surface area (Å²) in [6, 6.07) is 7.01. The van der Waals surface area contributed by atoms with Gasteiger partial charge in [-0.05, 0) is 36.0 Å². The summed E-state index contributed by atoms with van der Waals surface area (Å²) in [5.41, 5.74) is 4.59. The highest BCUT2D eigenvalue weighted by molar-refractivity contribution is 9.09. The van der Waals surface area contributed by atoms with Crippen molar-refractivity contribution in [3.63, 3.8) is 0 Å². The van der Waals surface area contributed by atoms with Gasteiger partial charge in [-0.1, -0.05) is 60.8 Å². The summed E-state index contributed by atoms with van der Waals surface area (Å²) in [5, 5.41) is 1.06. The molecule has 0 saturated heterocycles. The molecule has 84 valence electrons. The fourth-order valence-corrected chi connectivity index (χ4v) is 2.42. The van der Waals surface area contributed by atoms with Gasteiger partial charge < -0.3 is 0 Å². The zero-order valence-electron chi connectivity index (χ0n) is 9.85. The van der Waals surface area contributed by atoms with Crippen molar-refractivity contribution in [3.05, 3.63) is 34.9 Å². The van der Waals surface area contributed by atoms with Gasteiger partial charge in [0.2, 0.25) is 0 Å². The predicted octanol–water partition coefficient (Wildman–Crippen LogP) is 4.53.